The minimum absolute atomic E-state index is 0.149. The molecule has 0 radical (unpaired) electrons. The zero-order valence-corrected chi connectivity index (χ0v) is 9.15. The number of aliphatic hydroxyl groups excluding tert-OH is 1. The average molecular weight is 205 g/mol. The molecule has 0 bridgehead atoms. The van der Waals surface area contributed by atoms with E-state index in [0.717, 1.165) is 0 Å². The molecular formula is C9H19NO4. The molecule has 0 aromatic heterocycles. The normalized spacial score (nSPS) is 13.9. The van der Waals surface area contributed by atoms with Gasteiger partial charge < -0.3 is 19.8 Å². The average Bonchev–Trinajstić information content (AvgIpc) is 2.01. The van der Waals surface area contributed by atoms with Gasteiger partial charge >= 0.3 is 0 Å². The lowest BCUT2D eigenvalue weighted by Crippen LogP contribution is -2.46. The first kappa shape index (κ1) is 13.4. The molecular weight excluding hydrogens is 186 g/mol. The maximum Gasteiger partial charge on any atom is 0.253 e. The van der Waals surface area contributed by atoms with E-state index in [2.05, 4.69) is 0 Å². The van der Waals surface area contributed by atoms with E-state index in [1.165, 1.54) is 32.9 Å². The van der Waals surface area contributed by atoms with Crippen LogP contribution in [0, 0.1) is 0 Å². The van der Waals surface area contributed by atoms with Gasteiger partial charge in [0.05, 0.1) is 12.7 Å². The van der Waals surface area contributed by atoms with Crippen LogP contribution in [0.1, 0.15) is 13.8 Å². The fourth-order valence-electron chi connectivity index (χ4n) is 1.11. The highest BCUT2D eigenvalue weighted by Gasteiger charge is 2.28. The molecule has 5 heteroatoms. The standard InChI is InChI=1S/C9H19NO4/c1-9(2,13)8(12)10(3)5-7(11)6-14-4/h7,11,13H,5-6H2,1-4H3. The predicted octanol–water partition coefficient (Wildman–Crippen LogP) is -0.777. The number of carbonyl (C=O) groups is 1. The van der Waals surface area contributed by atoms with Gasteiger partial charge in [-0.05, 0) is 13.8 Å². The van der Waals surface area contributed by atoms with Crippen molar-refractivity contribution in [2.75, 3.05) is 27.3 Å². The van der Waals surface area contributed by atoms with Crippen molar-refractivity contribution in [2.45, 2.75) is 25.6 Å². The van der Waals surface area contributed by atoms with Crippen molar-refractivity contribution in [1.82, 2.24) is 4.90 Å². The van der Waals surface area contributed by atoms with Gasteiger partial charge in [-0.2, -0.15) is 0 Å². The summed E-state index contributed by atoms with van der Waals surface area (Å²) in [5.41, 5.74) is -1.40. The summed E-state index contributed by atoms with van der Waals surface area (Å²) in [4.78, 5) is 12.7. The molecule has 0 spiro atoms. The second-order valence-corrected chi connectivity index (χ2v) is 3.85. The fraction of sp³-hybridized carbons (Fsp3) is 0.889. The maximum atomic E-state index is 11.4. The molecule has 0 aromatic rings. The van der Waals surface area contributed by atoms with Crippen molar-refractivity contribution in [3.05, 3.63) is 0 Å². The number of aliphatic hydroxyl groups is 2. The molecule has 0 saturated carbocycles. The van der Waals surface area contributed by atoms with Crippen LogP contribution in [0.4, 0.5) is 0 Å². The van der Waals surface area contributed by atoms with Crippen LogP contribution in [0.3, 0.4) is 0 Å². The molecule has 84 valence electrons. The molecule has 1 atom stereocenters. The molecule has 1 unspecified atom stereocenters. The number of carbonyl (C=O) groups excluding carboxylic acids is 1. The minimum Gasteiger partial charge on any atom is -0.389 e. The molecule has 0 aromatic carbocycles. The monoisotopic (exact) mass is 205 g/mol. The van der Waals surface area contributed by atoms with Crippen LogP contribution >= 0.6 is 0 Å². The van der Waals surface area contributed by atoms with Gasteiger partial charge in [0.15, 0.2) is 0 Å². The summed E-state index contributed by atoms with van der Waals surface area (Å²) in [6.45, 7) is 3.14. The number of nitrogens with zero attached hydrogens (tertiary/aromatic N) is 1. The largest absolute Gasteiger partial charge is 0.389 e. The zero-order valence-electron chi connectivity index (χ0n) is 9.15. The van der Waals surface area contributed by atoms with E-state index in [1.54, 1.807) is 0 Å². The van der Waals surface area contributed by atoms with E-state index in [1.807, 2.05) is 0 Å². The second-order valence-electron chi connectivity index (χ2n) is 3.85. The summed E-state index contributed by atoms with van der Waals surface area (Å²) in [6, 6.07) is 0. The van der Waals surface area contributed by atoms with E-state index in [-0.39, 0.29) is 13.2 Å². The lowest BCUT2D eigenvalue weighted by atomic mass is 10.1. The zero-order chi connectivity index (χ0) is 11.4. The first-order chi connectivity index (χ1) is 6.29. The Morgan fingerprint density at radius 2 is 2.07 bits per heavy atom. The third-order valence-corrected chi connectivity index (χ3v) is 1.71. The molecule has 0 aliphatic heterocycles. The molecule has 0 saturated heterocycles. The number of ether oxygens (including phenoxy) is 1. The molecule has 14 heavy (non-hydrogen) atoms. The molecule has 0 heterocycles. The Morgan fingerprint density at radius 3 is 2.43 bits per heavy atom. The van der Waals surface area contributed by atoms with Crippen molar-refractivity contribution in [3.63, 3.8) is 0 Å². The smallest absolute Gasteiger partial charge is 0.253 e. The van der Waals surface area contributed by atoms with Gasteiger partial charge in [0.2, 0.25) is 0 Å². The van der Waals surface area contributed by atoms with Gasteiger partial charge in [-0.1, -0.05) is 0 Å². The lowest BCUT2D eigenvalue weighted by Gasteiger charge is -2.26. The first-order valence-electron chi connectivity index (χ1n) is 4.44. The third kappa shape index (κ3) is 4.55. The van der Waals surface area contributed by atoms with Crippen molar-refractivity contribution >= 4 is 5.91 Å². The number of hydrogen-bond donors (Lipinski definition) is 2. The van der Waals surface area contributed by atoms with Gasteiger partial charge in [0.1, 0.15) is 5.60 Å². The maximum absolute atomic E-state index is 11.4. The Labute approximate surface area is 84.3 Å². The fourth-order valence-corrected chi connectivity index (χ4v) is 1.11. The summed E-state index contributed by atoms with van der Waals surface area (Å²) in [6.07, 6.45) is -0.726. The Hall–Kier alpha value is -0.650. The van der Waals surface area contributed by atoms with Crippen LogP contribution in [-0.4, -0.2) is 60.0 Å². The third-order valence-electron chi connectivity index (χ3n) is 1.71. The summed E-state index contributed by atoms with van der Waals surface area (Å²) in [7, 11) is 3.00. The van der Waals surface area contributed by atoms with Crippen LogP contribution in [0.25, 0.3) is 0 Å². The second kappa shape index (κ2) is 5.29. The van der Waals surface area contributed by atoms with Gasteiger partial charge in [0, 0.05) is 20.7 Å². The summed E-state index contributed by atoms with van der Waals surface area (Å²) >= 11 is 0. The van der Waals surface area contributed by atoms with E-state index in [4.69, 9.17) is 4.74 Å². The number of likely N-dealkylation sites (N-methyl/N-ethyl adjacent to an activating group) is 1. The van der Waals surface area contributed by atoms with Gasteiger partial charge in [-0.15, -0.1) is 0 Å². The summed E-state index contributed by atoms with van der Waals surface area (Å²) in [5, 5.41) is 18.7. The number of rotatable bonds is 5. The lowest BCUT2D eigenvalue weighted by molar-refractivity contribution is -0.148. The molecule has 0 aliphatic rings. The molecule has 5 nitrogen and oxygen atoms in total. The first-order valence-corrected chi connectivity index (χ1v) is 4.44. The molecule has 0 fully saturated rings. The molecule has 0 aliphatic carbocycles. The topological polar surface area (TPSA) is 70.0 Å². The summed E-state index contributed by atoms with van der Waals surface area (Å²) in [5.74, 6) is -0.423. The highest BCUT2D eigenvalue weighted by Crippen LogP contribution is 2.06. The SMILES string of the molecule is COCC(O)CN(C)C(=O)C(C)(C)O. The van der Waals surface area contributed by atoms with Gasteiger partial charge in [-0.25, -0.2) is 0 Å². The minimum atomic E-state index is -1.40. The van der Waals surface area contributed by atoms with Crippen LogP contribution in [0.15, 0.2) is 0 Å². The van der Waals surface area contributed by atoms with Crippen LogP contribution < -0.4 is 0 Å². The van der Waals surface area contributed by atoms with E-state index in [0.29, 0.717) is 0 Å². The Balaban J connectivity index is 4.08. The van der Waals surface area contributed by atoms with Gasteiger partial charge in [0.25, 0.3) is 5.91 Å². The van der Waals surface area contributed by atoms with E-state index < -0.39 is 17.6 Å². The Morgan fingerprint density at radius 1 is 1.57 bits per heavy atom. The highest BCUT2D eigenvalue weighted by molar-refractivity contribution is 5.83. The van der Waals surface area contributed by atoms with Crippen molar-refractivity contribution in [2.24, 2.45) is 0 Å². The van der Waals surface area contributed by atoms with Crippen LogP contribution in [0.2, 0.25) is 0 Å². The van der Waals surface area contributed by atoms with Gasteiger partial charge in [-0.3, -0.25) is 4.79 Å². The predicted molar refractivity (Wildman–Crippen MR) is 51.8 cm³/mol. The Bertz CT molecular complexity index is 188. The van der Waals surface area contributed by atoms with Crippen LogP contribution in [-0.2, 0) is 9.53 Å². The number of amides is 1. The van der Waals surface area contributed by atoms with Crippen molar-refractivity contribution in [3.8, 4) is 0 Å². The summed E-state index contributed by atoms with van der Waals surface area (Å²) < 4.78 is 4.72. The molecule has 0 rings (SSSR count). The van der Waals surface area contributed by atoms with E-state index >= 15 is 0 Å². The highest BCUT2D eigenvalue weighted by atomic mass is 16.5. The Kier molecular flexibility index (Phi) is 5.04. The number of hydrogen-bond acceptors (Lipinski definition) is 4. The van der Waals surface area contributed by atoms with Crippen molar-refractivity contribution in [1.29, 1.82) is 0 Å². The van der Waals surface area contributed by atoms with E-state index in [9.17, 15) is 15.0 Å². The van der Waals surface area contributed by atoms with Crippen LogP contribution in [0.5, 0.6) is 0 Å². The quantitative estimate of drug-likeness (QED) is 0.618. The number of methoxy groups -OCH3 is 1. The molecule has 1 amide bonds. The van der Waals surface area contributed by atoms with Crippen molar-refractivity contribution < 1.29 is 19.7 Å². The molecule has 2 N–H and O–H groups in total.